The fourth-order valence-corrected chi connectivity index (χ4v) is 4.63. The van der Waals surface area contributed by atoms with E-state index in [-0.39, 0.29) is 5.75 Å². The molecular formula is C22H26BrN7O3S. The average molecular weight is 548 g/mol. The van der Waals surface area contributed by atoms with Crippen molar-refractivity contribution >= 4 is 54.8 Å². The number of halogens is 1. The normalized spacial score (nSPS) is 14.0. The van der Waals surface area contributed by atoms with Gasteiger partial charge >= 0.3 is 0 Å². The molecule has 0 saturated carbocycles. The first-order chi connectivity index (χ1) is 16.3. The predicted octanol–water partition coefficient (Wildman–Crippen LogP) is 2.93. The fourth-order valence-electron chi connectivity index (χ4n) is 3.65. The number of methoxy groups -OCH3 is 1. The number of nitrogens with one attached hydrogen (secondary N) is 3. The number of benzene rings is 2. The highest BCUT2D eigenvalue weighted by Gasteiger charge is 2.15. The van der Waals surface area contributed by atoms with Crippen LogP contribution in [-0.4, -0.2) is 51.7 Å². The van der Waals surface area contributed by atoms with Gasteiger partial charge in [0, 0.05) is 49.8 Å². The number of aromatic nitrogens is 2. The van der Waals surface area contributed by atoms with Crippen LogP contribution in [-0.2, 0) is 15.8 Å². The summed E-state index contributed by atoms with van der Waals surface area (Å²) in [5, 5.41) is 15.0. The number of hydrogen-bond donors (Lipinski definition) is 4. The number of ether oxygens (including phenoxy) is 1. The largest absolute Gasteiger partial charge is 0.494 e. The molecule has 1 saturated heterocycles. The first-order valence-corrected chi connectivity index (χ1v) is 13.1. The lowest BCUT2D eigenvalue weighted by Crippen LogP contribution is -2.43. The van der Waals surface area contributed by atoms with Crippen LogP contribution in [0.3, 0.4) is 0 Å². The Morgan fingerprint density at radius 3 is 2.65 bits per heavy atom. The zero-order chi connectivity index (χ0) is 24.1. The minimum atomic E-state index is -3.69. The van der Waals surface area contributed by atoms with E-state index in [1.54, 1.807) is 37.6 Å². The molecule has 1 aliphatic rings. The predicted molar refractivity (Wildman–Crippen MR) is 138 cm³/mol. The van der Waals surface area contributed by atoms with Crippen LogP contribution >= 0.6 is 15.9 Å². The molecular weight excluding hydrogens is 522 g/mol. The van der Waals surface area contributed by atoms with Crippen molar-refractivity contribution in [1.82, 2.24) is 15.3 Å². The molecule has 0 unspecified atom stereocenters. The highest BCUT2D eigenvalue weighted by molar-refractivity contribution is 9.10. The second kappa shape index (κ2) is 10.6. The molecule has 5 N–H and O–H groups in total. The van der Waals surface area contributed by atoms with E-state index in [4.69, 9.17) is 9.88 Å². The quantitative estimate of drug-likeness (QED) is 0.335. The van der Waals surface area contributed by atoms with Gasteiger partial charge in [0.15, 0.2) is 0 Å². The third-order valence-electron chi connectivity index (χ3n) is 5.28. The number of anilines is 5. The minimum absolute atomic E-state index is 0.291. The zero-order valence-electron chi connectivity index (χ0n) is 18.6. The average Bonchev–Trinajstić information content (AvgIpc) is 2.82. The van der Waals surface area contributed by atoms with Crippen molar-refractivity contribution in [3.8, 4) is 5.75 Å². The molecule has 12 heteroatoms. The summed E-state index contributed by atoms with van der Waals surface area (Å²) in [6, 6.07) is 13.0. The zero-order valence-corrected chi connectivity index (χ0v) is 21.0. The van der Waals surface area contributed by atoms with Crippen molar-refractivity contribution in [1.29, 1.82) is 0 Å². The lowest BCUT2D eigenvalue weighted by molar-refractivity contribution is 0.416. The summed E-state index contributed by atoms with van der Waals surface area (Å²) in [4.78, 5) is 11.2. The van der Waals surface area contributed by atoms with Gasteiger partial charge in [0.1, 0.15) is 11.6 Å². The third-order valence-corrected chi connectivity index (χ3v) is 6.58. The maximum Gasteiger partial charge on any atom is 0.229 e. The number of sulfonamides is 1. The minimum Gasteiger partial charge on any atom is -0.494 e. The summed E-state index contributed by atoms with van der Waals surface area (Å²) < 4.78 is 29.4. The van der Waals surface area contributed by atoms with Crippen LogP contribution in [0, 0.1) is 0 Å². The second-order valence-corrected chi connectivity index (χ2v) is 10.2. The summed E-state index contributed by atoms with van der Waals surface area (Å²) in [5.41, 5.74) is 2.94. The van der Waals surface area contributed by atoms with Crippen LogP contribution in [0.2, 0.25) is 0 Å². The third kappa shape index (κ3) is 6.14. The van der Waals surface area contributed by atoms with Crippen molar-refractivity contribution in [3.63, 3.8) is 0 Å². The Morgan fingerprint density at radius 1 is 1.15 bits per heavy atom. The van der Waals surface area contributed by atoms with Crippen molar-refractivity contribution in [2.75, 3.05) is 48.8 Å². The number of nitrogens with two attached hydrogens (primary N) is 1. The van der Waals surface area contributed by atoms with Crippen LogP contribution in [0.5, 0.6) is 5.75 Å². The molecule has 3 aromatic rings. The molecule has 0 atom stereocenters. The molecule has 0 radical (unpaired) electrons. The highest BCUT2D eigenvalue weighted by Crippen LogP contribution is 2.33. The smallest absolute Gasteiger partial charge is 0.229 e. The van der Waals surface area contributed by atoms with Crippen molar-refractivity contribution in [3.05, 3.63) is 58.7 Å². The van der Waals surface area contributed by atoms with Gasteiger partial charge in [-0.05, 0) is 39.7 Å². The number of nitrogens with zero attached hydrogens (tertiary/aromatic N) is 3. The van der Waals surface area contributed by atoms with Gasteiger partial charge in [0.05, 0.1) is 23.0 Å². The summed E-state index contributed by atoms with van der Waals surface area (Å²) in [5.74, 6) is 1.20. The Labute approximate surface area is 207 Å². The van der Waals surface area contributed by atoms with Crippen LogP contribution in [0.25, 0.3) is 0 Å². The van der Waals surface area contributed by atoms with Crippen LogP contribution in [0.15, 0.2) is 53.1 Å². The van der Waals surface area contributed by atoms with E-state index in [1.165, 1.54) is 0 Å². The lowest BCUT2D eigenvalue weighted by atomic mass is 10.2. The van der Waals surface area contributed by atoms with Crippen LogP contribution < -0.4 is 30.7 Å². The van der Waals surface area contributed by atoms with Gasteiger partial charge in [-0.15, -0.1) is 0 Å². The summed E-state index contributed by atoms with van der Waals surface area (Å²) in [6.45, 7) is 3.78. The Kier molecular flexibility index (Phi) is 7.51. The van der Waals surface area contributed by atoms with Crippen LogP contribution in [0.1, 0.15) is 5.56 Å². The van der Waals surface area contributed by atoms with Gasteiger partial charge in [-0.2, -0.15) is 4.98 Å². The van der Waals surface area contributed by atoms with E-state index < -0.39 is 10.0 Å². The summed E-state index contributed by atoms with van der Waals surface area (Å²) >= 11 is 3.45. The standard InChI is InChI=1S/C22H26BrN7O3S/c1-33-20-12-16(30-10-8-25-9-11-30)6-7-19(20)28-22-26-13-17(23)21(29-22)27-18-5-3-2-4-15(18)14-34(24,31)32/h2-7,12-13,25H,8-11,14H2,1H3,(H2,24,31,32)(H2,26,27,28,29). The van der Waals surface area contributed by atoms with E-state index in [0.717, 1.165) is 37.6 Å². The van der Waals surface area contributed by atoms with E-state index in [9.17, 15) is 8.42 Å². The molecule has 0 amide bonds. The summed E-state index contributed by atoms with van der Waals surface area (Å²) in [7, 11) is -2.06. The fraction of sp³-hybridized carbons (Fsp3) is 0.273. The van der Waals surface area contributed by atoms with E-state index in [0.29, 0.717) is 33.2 Å². The molecule has 2 heterocycles. The molecule has 1 fully saturated rings. The molecule has 34 heavy (non-hydrogen) atoms. The highest BCUT2D eigenvalue weighted by atomic mass is 79.9. The molecule has 4 rings (SSSR count). The number of rotatable bonds is 8. The first kappa shape index (κ1) is 24.2. The monoisotopic (exact) mass is 547 g/mol. The van der Waals surface area contributed by atoms with E-state index in [1.807, 2.05) is 18.2 Å². The van der Waals surface area contributed by atoms with Gasteiger partial charge < -0.3 is 25.6 Å². The molecule has 1 aliphatic heterocycles. The molecule has 180 valence electrons. The number of para-hydroxylation sites is 1. The van der Waals surface area contributed by atoms with Crippen molar-refractivity contribution in [2.24, 2.45) is 5.14 Å². The Hall–Kier alpha value is -2.93. The number of primary sulfonamides is 1. The molecule has 1 aromatic heterocycles. The second-order valence-electron chi connectivity index (χ2n) is 7.73. The van der Waals surface area contributed by atoms with Gasteiger partial charge in [0.25, 0.3) is 0 Å². The van der Waals surface area contributed by atoms with Gasteiger partial charge in [-0.1, -0.05) is 18.2 Å². The molecule has 0 bridgehead atoms. The number of hydrogen-bond acceptors (Lipinski definition) is 9. The lowest BCUT2D eigenvalue weighted by Gasteiger charge is -2.30. The van der Waals surface area contributed by atoms with Gasteiger partial charge in [0.2, 0.25) is 16.0 Å². The van der Waals surface area contributed by atoms with E-state index >= 15 is 0 Å². The molecule has 2 aromatic carbocycles. The maximum atomic E-state index is 11.6. The van der Waals surface area contributed by atoms with Gasteiger partial charge in [-0.3, -0.25) is 0 Å². The van der Waals surface area contributed by atoms with Gasteiger partial charge in [-0.25, -0.2) is 18.5 Å². The maximum absolute atomic E-state index is 11.6. The first-order valence-electron chi connectivity index (χ1n) is 10.6. The number of piperazine rings is 1. The van der Waals surface area contributed by atoms with Crippen LogP contribution in [0.4, 0.5) is 28.8 Å². The molecule has 0 aliphatic carbocycles. The Balaban J connectivity index is 1.56. The topological polar surface area (TPSA) is 134 Å². The van der Waals surface area contributed by atoms with Crippen molar-refractivity contribution < 1.29 is 13.2 Å². The molecule has 10 nitrogen and oxygen atoms in total. The van der Waals surface area contributed by atoms with E-state index in [2.05, 4.69) is 46.7 Å². The summed E-state index contributed by atoms with van der Waals surface area (Å²) in [6.07, 6.45) is 1.61. The molecule has 0 spiro atoms. The Bertz CT molecular complexity index is 1270. The SMILES string of the molecule is COc1cc(N2CCNCC2)ccc1Nc1ncc(Br)c(Nc2ccccc2CS(N)(=O)=O)n1. The Morgan fingerprint density at radius 2 is 1.91 bits per heavy atom. The van der Waals surface area contributed by atoms with Crippen molar-refractivity contribution in [2.45, 2.75) is 5.75 Å².